The molecule has 0 heterocycles. The molecule has 1 rings (SSSR count). The van der Waals surface area contributed by atoms with Crippen molar-refractivity contribution in [2.45, 2.75) is 45.1 Å². The largest absolute Gasteiger partial charge is 0.494 e. The molecule has 0 radical (unpaired) electrons. The Morgan fingerprint density at radius 1 is 1.33 bits per heavy atom. The predicted octanol–water partition coefficient (Wildman–Crippen LogP) is 3.28. The lowest BCUT2D eigenvalue weighted by Gasteiger charge is -2.11. The summed E-state index contributed by atoms with van der Waals surface area (Å²) in [7, 11) is 1.96. The van der Waals surface area contributed by atoms with E-state index in [2.05, 4.69) is 24.4 Å². The highest BCUT2D eigenvalue weighted by Gasteiger charge is 2.02. The van der Waals surface area contributed by atoms with E-state index < -0.39 is 5.97 Å². The summed E-state index contributed by atoms with van der Waals surface area (Å²) in [4.78, 5) is 10.4. The maximum absolute atomic E-state index is 10.4. The van der Waals surface area contributed by atoms with Crippen molar-refractivity contribution in [2.24, 2.45) is 0 Å². The highest BCUT2D eigenvalue weighted by molar-refractivity contribution is 5.85. The third kappa shape index (κ3) is 9.32. The highest BCUT2D eigenvalue weighted by Crippen LogP contribution is 2.15. The van der Waals surface area contributed by atoms with Crippen molar-refractivity contribution < 1.29 is 14.6 Å². The van der Waals surface area contributed by atoms with Crippen LogP contribution in [0.25, 0.3) is 0 Å². The van der Waals surface area contributed by atoms with Gasteiger partial charge in [0.15, 0.2) is 0 Å². The first kappa shape index (κ1) is 19.7. The van der Waals surface area contributed by atoms with E-state index in [4.69, 9.17) is 9.84 Å². The first-order chi connectivity index (χ1) is 9.61. The Balaban J connectivity index is 0.00000400. The number of nitrogens with one attached hydrogen (secondary N) is 1. The molecule has 1 aromatic carbocycles. The van der Waals surface area contributed by atoms with Crippen LogP contribution in [0.4, 0.5) is 0 Å². The van der Waals surface area contributed by atoms with Crippen molar-refractivity contribution in [1.29, 1.82) is 0 Å². The first-order valence-electron chi connectivity index (χ1n) is 7.22. The molecule has 0 aromatic heterocycles. The van der Waals surface area contributed by atoms with Gasteiger partial charge in [0.25, 0.3) is 0 Å². The van der Waals surface area contributed by atoms with Crippen molar-refractivity contribution in [3.8, 4) is 5.75 Å². The lowest BCUT2D eigenvalue weighted by Crippen LogP contribution is -2.23. The van der Waals surface area contributed by atoms with Crippen LogP contribution in [0.15, 0.2) is 24.3 Å². The number of benzene rings is 1. The van der Waals surface area contributed by atoms with E-state index in [0.29, 0.717) is 12.6 Å². The summed E-state index contributed by atoms with van der Waals surface area (Å²) in [5, 5.41) is 11.8. The molecule has 0 bridgehead atoms. The van der Waals surface area contributed by atoms with Crippen molar-refractivity contribution in [1.82, 2.24) is 5.32 Å². The number of likely N-dealkylation sites (N-methyl/N-ethyl adjacent to an activating group) is 1. The number of carbonyl (C=O) groups is 1. The number of hydrogen-bond donors (Lipinski definition) is 2. The van der Waals surface area contributed by atoms with Gasteiger partial charge in [0.05, 0.1) is 6.61 Å². The van der Waals surface area contributed by atoms with Crippen LogP contribution in [0.5, 0.6) is 5.75 Å². The summed E-state index contributed by atoms with van der Waals surface area (Å²) in [5.41, 5.74) is 1.26. The van der Waals surface area contributed by atoms with Crippen molar-refractivity contribution in [2.75, 3.05) is 13.7 Å². The second kappa shape index (κ2) is 11.4. The summed E-state index contributed by atoms with van der Waals surface area (Å²) in [6, 6.07) is 8.60. The first-order valence-corrected chi connectivity index (χ1v) is 7.22. The van der Waals surface area contributed by atoms with Gasteiger partial charge in [0.1, 0.15) is 5.75 Å². The van der Waals surface area contributed by atoms with Crippen LogP contribution in [-0.4, -0.2) is 30.8 Å². The molecular formula is C16H26ClNO3. The van der Waals surface area contributed by atoms with E-state index in [0.717, 1.165) is 31.4 Å². The number of halogens is 1. The summed E-state index contributed by atoms with van der Waals surface area (Å²) in [6.07, 6.45) is 3.73. The second-order valence-corrected chi connectivity index (χ2v) is 5.09. The van der Waals surface area contributed by atoms with E-state index in [-0.39, 0.29) is 18.8 Å². The number of carboxylic acids is 1. The molecule has 0 aliphatic carbocycles. The van der Waals surface area contributed by atoms with Crippen LogP contribution < -0.4 is 10.1 Å². The Bertz CT molecular complexity index is 412. The van der Waals surface area contributed by atoms with Gasteiger partial charge in [-0.1, -0.05) is 12.1 Å². The van der Waals surface area contributed by atoms with Gasteiger partial charge < -0.3 is 15.2 Å². The topological polar surface area (TPSA) is 58.6 Å². The molecular weight excluding hydrogens is 290 g/mol. The van der Waals surface area contributed by atoms with Crippen LogP contribution in [0.2, 0.25) is 0 Å². The standard InChI is InChI=1S/C16H25NO3.ClH/c1-13(17-2)11-14-7-6-8-15(12-14)20-10-5-3-4-9-16(18)19;/h6-8,12-13,17H,3-5,9-11H2,1-2H3,(H,18,19);1H. The minimum atomic E-state index is -0.725. The zero-order valence-electron chi connectivity index (χ0n) is 12.8. The molecule has 0 saturated carbocycles. The van der Waals surface area contributed by atoms with Crippen LogP contribution in [0, 0.1) is 0 Å². The molecule has 21 heavy (non-hydrogen) atoms. The zero-order chi connectivity index (χ0) is 14.8. The number of rotatable bonds is 10. The maximum Gasteiger partial charge on any atom is 0.303 e. The molecule has 0 spiro atoms. The molecule has 2 N–H and O–H groups in total. The molecule has 5 heteroatoms. The Morgan fingerprint density at radius 2 is 2.10 bits per heavy atom. The van der Waals surface area contributed by atoms with Gasteiger partial charge in [0.2, 0.25) is 0 Å². The highest BCUT2D eigenvalue weighted by atomic mass is 35.5. The van der Waals surface area contributed by atoms with Gasteiger partial charge >= 0.3 is 5.97 Å². The van der Waals surface area contributed by atoms with Crippen LogP contribution in [0.3, 0.4) is 0 Å². The lowest BCUT2D eigenvalue weighted by molar-refractivity contribution is -0.137. The minimum absolute atomic E-state index is 0. The second-order valence-electron chi connectivity index (χ2n) is 5.09. The van der Waals surface area contributed by atoms with Gasteiger partial charge in [-0.05, 0) is 57.4 Å². The molecule has 1 aromatic rings. The molecule has 120 valence electrons. The third-order valence-corrected chi connectivity index (χ3v) is 3.24. The average Bonchev–Trinajstić information content (AvgIpc) is 2.42. The van der Waals surface area contributed by atoms with Crippen LogP contribution >= 0.6 is 12.4 Å². The summed E-state index contributed by atoms with van der Waals surface area (Å²) < 4.78 is 5.70. The smallest absolute Gasteiger partial charge is 0.303 e. The number of aliphatic carboxylic acids is 1. The van der Waals surface area contributed by atoms with E-state index in [1.165, 1.54) is 5.56 Å². The zero-order valence-corrected chi connectivity index (χ0v) is 13.6. The Morgan fingerprint density at radius 3 is 2.76 bits per heavy atom. The Hall–Kier alpha value is -1.26. The normalized spacial score (nSPS) is 11.5. The molecule has 0 aliphatic heterocycles. The SMILES string of the molecule is CNC(C)Cc1cccc(OCCCCCC(=O)O)c1.Cl. The van der Waals surface area contributed by atoms with Gasteiger partial charge in [0, 0.05) is 12.5 Å². The fourth-order valence-electron chi connectivity index (χ4n) is 1.96. The Labute approximate surface area is 133 Å². The number of ether oxygens (including phenoxy) is 1. The van der Waals surface area contributed by atoms with E-state index in [1.54, 1.807) is 0 Å². The average molecular weight is 316 g/mol. The number of carboxylic acid groups (broad SMARTS) is 1. The summed E-state index contributed by atoms with van der Waals surface area (Å²) in [5.74, 6) is 0.168. The molecule has 1 atom stereocenters. The molecule has 0 amide bonds. The van der Waals surface area contributed by atoms with Crippen molar-refractivity contribution in [3.63, 3.8) is 0 Å². The van der Waals surface area contributed by atoms with E-state index in [1.807, 2.05) is 19.2 Å². The van der Waals surface area contributed by atoms with Crippen molar-refractivity contribution >= 4 is 18.4 Å². The van der Waals surface area contributed by atoms with Gasteiger partial charge in [-0.25, -0.2) is 0 Å². The molecule has 0 saturated heterocycles. The van der Waals surface area contributed by atoms with Gasteiger partial charge in [-0.2, -0.15) is 0 Å². The fraction of sp³-hybridized carbons (Fsp3) is 0.562. The molecule has 1 unspecified atom stereocenters. The van der Waals surface area contributed by atoms with Gasteiger partial charge in [-0.15, -0.1) is 12.4 Å². The number of hydrogen-bond acceptors (Lipinski definition) is 3. The van der Waals surface area contributed by atoms with E-state index >= 15 is 0 Å². The summed E-state index contributed by atoms with van der Waals surface area (Å²) in [6.45, 7) is 2.79. The van der Waals surface area contributed by atoms with E-state index in [9.17, 15) is 4.79 Å². The molecule has 4 nitrogen and oxygen atoms in total. The Kier molecular flexibility index (Phi) is 10.7. The fourth-order valence-corrected chi connectivity index (χ4v) is 1.96. The monoisotopic (exact) mass is 315 g/mol. The van der Waals surface area contributed by atoms with Crippen molar-refractivity contribution in [3.05, 3.63) is 29.8 Å². The molecule has 0 fully saturated rings. The number of unbranched alkanes of at least 4 members (excludes halogenated alkanes) is 2. The van der Waals surface area contributed by atoms with Crippen LogP contribution in [0.1, 0.15) is 38.2 Å². The minimum Gasteiger partial charge on any atom is -0.494 e. The predicted molar refractivity (Wildman–Crippen MR) is 87.5 cm³/mol. The molecule has 0 aliphatic rings. The van der Waals surface area contributed by atoms with Gasteiger partial charge in [-0.3, -0.25) is 4.79 Å². The third-order valence-electron chi connectivity index (χ3n) is 3.24. The maximum atomic E-state index is 10.4. The van der Waals surface area contributed by atoms with Crippen LogP contribution in [-0.2, 0) is 11.2 Å². The lowest BCUT2D eigenvalue weighted by atomic mass is 10.1. The quantitative estimate of drug-likeness (QED) is 0.651. The summed E-state index contributed by atoms with van der Waals surface area (Å²) >= 11 is 0.